The molecule has 0 saturated heterocycles. The molecule has 1 aromatic carbocycles. The summed E-state index contributed by atoms with van der Waals surface area (Å²) in [6.07, 6.45) is 2.68. The number of fused-ring (bicyclic) bond motifs is 1. The summed E-state index contributed by atoms with van der Waals surface area (Å²) in [5.41, 5.74) is 1.62. The van der Waals surface area contributed by atoms with Gasteiger partial charge in [0.2, 0.25) is 0 Å². The molecule has 3 N–H and O–H groups in total. The van der Waals surface area contributed by atoms with Crippen LogP contribution in [0.5, 0.6) is 0 Å². The number of aliphatic hydroxyl groups excluding tert-OH is 1. The Morgan fingerprint density at radius 2 is 2.10 bits per heavy atom. The molecule has 1 amide bonds. The highest BCUT2D eigenvalue weighted by Gasteiger charge is 2.32. The lowest BCUT2D eigenvalue weighted by atomic mass is 10.1. The highest BCUT2D eigenvalue weighted by molar-refractivity contribution is 5.94. The van der Waals surface area contributed by atoms with Crippen LogP contribution in [-0.2, 0) is 6.42 Å². The Bertz CT molecular complexity index is 708. The van der Waals surface area contributed by atoms with Gasteiger partial charge in [-0.05, 0) is 11.1 Å². The van der Waals surface area contributed by atoms with E-state index in [0.29, 0.717) is 6.42 Å². The molecule has 0 spiro atoms. The number of nitrogens with one attached hydrogen (secondary N) is 2. The molecule has 20 heavy (non-hydrogen) atoms. The van der Waals surface area contributed by atoms with E-state index in [1.807, 2.05) is 24.3 Å². The van der Waals surface area contributed by atoms with Crippen LogP contribution in [0, 0.1) is 0 Å². The van der Waals surface area contributed by atoms with Gasteiger partial charge in [-0.1, -0.05) is 24.3 Å². The molecular formula is C15H14N2O3. The molecule has 2 aromatic rings. The van der Waals surface area contributed by atoms with Gasteiger partial charge in [-0.2, -0.15) is 0 Å². The number of aliphatic hydroxyl groups is 1. The zero-order valence-electron chi connectivity index (χ0n) is 10.7. The van der Waals surface area contributed by atoms with E-state index in [-0.39, 0.29) is 11.0 Å². The Morgan fingerprint density at radius 1 is 1.30 bits per heavy atom. The second-order valence-electron chi connectivity index (χ2n) is 4.84. The number of amides is 1. The van der Waals surface area contributed by atoms with Gasteiger partial charge >= 0.3 is 0 Å². The van der Waals surface area contributed by atoms with E-state index < -0.39 is 18.1 Å². The fourth-order valence-electron chi connectivity index (χ4n) is 2.56. The largest absolute Gasteiger partial charge is 0.390 e. The quantitative estimate of drug-likeness (QED) is 0.753. The van der Waals surface area contributed by atoms with Crippen LogP contribution >= 0.6 is 0 Å². The molecule has 1 heterocycles. The highest BCUT2D eigenvalue weighted by Crippen LogP contribution is 2.31. The van der Waals surface area contributed by atoms with Crippen molar-refractivity contribution in [1.82, 2.24) is 10.3 Å². The number of hydrogen-bond acceptors (Lipinski definition) is 3. The third-order valence-electron chi connectivity index (χ3n) is 3.56. The first-order valence-corrected chi connectivity index (χ1v) is 6.40. The molecule has 3 rings (SSSR count). The molecule has 5 nitrogen and oxygen atoms in total. The molecule has 1 aromatic heterocycles. The molecule has 1 aliphatic carbocycles. The predicted molar refractivity (Wildman–Crippen MR) is 73.4 cm³/mol. The van der Waals surface area contributed by atoms with Crippen molar-refractivity contribution >= 4 is 5.91 Å². The van der Waals surface area contributed by atoms with Crippen molar-refractivity contribution in [2.24, 2.45) is 0 Å². The minimum atomic E-state index is -0.667. The van der Waals surface area contributed by atoms with Crippen LogP contribution in [0.1, 0.15) is 27.5 Å². The van der Waals surface area contributed by atoms with Crippen LogP contribution in [0.4, 0.5) is 0 Å². The smallest absolute Gasteiger partial charge is 0.257 e. The molecule has 0 aliphatic heterocycles. The summed E-state index contributed by atoms with van der Waals surface area (Å²) < 4.78 is 0. The zero-order valence-corrected chi connectivity index (χ0v) is 10.7. The molecule has 0 saturated carbocycles. The lowest BCUT2D eigenvalue weighted by molar-refractivity contribution is 0.0857. The minimum Gasteiger partial charge on any atom is -0.390 e. The maximum atomic E-state index is 12.1. The normalized spacial score (nSPS) is 20.4. The number of hydrogen-bond donors (Lipinski definition) is 3. The number of H-pyrrole nitrogens is 1. The SMILES string of the molecule is O=C(N[C@H]1c2ccccc2C[C@H]1O)c1c[nH]ccc1=O. The monoisotopic (exact) mass is 270 g/mol. The fourth-order valence-corrected chi connectivity index (χ4v) is 2.56. The lowest BCUT2D eigenvalue weighted by Gasteiger charge is -2.17. The molecule has 5 heteroatoms. The van der Waals surface area contributed by atoms with E-state index >= 15 is 0 Å². The van der Waals surface area contributed by atoms with Crippen LogP contribution in [0.2, 0.25) is 0 Å². The van der Waals surface area contributed by atoms with Crippen LogP contribution in [0.3, 0.4) is 0 Å². The number of carbonyl (C=O) groups is 1. The van der Waals surface area contributed by atoms with Gasteiger partial charge in [0.05, 0.1) is 12.1 Å². The summed E-state index contributed by atoms with van der Waals surface area (Å²) in [5, 5.41) is 12.8. The summed E-state index contributed by atoms with van der Waals surface area (Å²) >= 11 is 0. The Morgan fingerprint density at radius 3 is 2.90 bits per heavy atom. The predicted octanol–water partition coefficient (Wildman–Crippen LogP) is 0.763. The molecule has 0 radical (unpaired) electrons. The lowest BCUT2D eigenvalue weighted by Crippen LogP contribution is -2.36. The summed E-state index contributed by atoms with van der Waals surface area (Å²) in [4.78, 5) is 26.5. The van der Waals surface area contributed by atoms with Crippen LogP contribution in [0.25, 0.3) is 0 Å². The molecule has 0 bridgehead atoms. The standard InChI is InChI=1S/C15H14N2O3/c18-12-5-6-16-8-11(12)15(20)17-14-10-4-2-1-3-9(10)7-13(14)19/h1-6,8,13-14,19H,7H2,(H,16,18)(H,17,20)/t13-,14+/m1/s1. The minimum absolute atomic E-state index is 0.0454. The molecule has 0 fully saturated rings. The molecule has 1 aliphatic rings. The first kappa shape index (κ1) is 12.6. The topological polar surface area (TPSA) is 82.2 Å². The Hall–Kier alpha value is -2.40. The third-order valence-corrected chi connectivity index (χ3v) is 3.56. The Labute approximate surface area is 115 Å². The summed E-state index contributed by atoms with van der Waals surface area (Å²) in [6.45, 7) is 0. The van der Waals surface area contributed by atoms with Gasteiger partial charge in [-0.3, -0.25) is 9.59 Å². The van der Waals surface area contributed by atoms with Gasteiger partial charge in [0.25, 0.3) is 5.91 Å². The molecular weight excluding hydrogens is 256 g/mol. The molecule has 102 valence electrons. The second kappa shape index (κ2) is 4.94. The van der Waals surface area contributed by atoms with E-state index in [0.717, 1.165) is 11.1 Å². The Kier molecular flexibility index (Phi) is 3.12. The van der Waals surface area contributed by atoms with Crippen LogP contribution < -0.4 is 10.7 Å². The average Bonchev–Trinajstić information content (AvgIpc) is 2.76. The van der Waals surface area contributed by atoms with Gasteiger partial charge in [0.1, 0.15) is 5.56 Å². The van der Waals surface area contributed by atoms with Gasteiger partial charge in [-0.15, -0.1) is 0 Å². The van der Waals surface area contributed by atoms with Gasteiger partial charge in [-0.25, -0.2) is 0 Å². The van der Waals surface area contributed by atoms with Crippen molar-refractivity contribution in [3.05, 3.63) is 69.6 Å². The zero-order chi connectivity index (χ0) is 14.1. The van der Waals surface area contributed by atoms with Crippen molar-refractivity contribution in [2.75, 3.05) is 0 Å². The van der Waals surface area contributed by atoms with Crippen molar-refractivity contribution < 1.29 is 9.90 Å². The van der Waals surface area contributed by atoms with Crippen molar-refractivity contribution in [1.29, 1.82) is 0 Å². The van der Waals surface area contributed by atoms with E-state index in [1.165, 1.54) is 18.5 Å². The van der Waals surface area contributed by atoms with E-state index in [4.69, 9.17) is 0 Å². The summed E-state index contributed by atoms with van der Waals surface area (Å²) in [6, 6.07) is 8.40. The van der Waals surface area contributed by atoms with E-state index in [2.05, 4.69) is 10.3 Å². The molecule has 0 unspecified atom stereocenters. The van der Waals surface area contributed by atoms with Gasteiger partial charge < -0.3 is 15.4 Å². The number of benzene rings is 1. The number of rotatable bonds is 2. The number of aromatic amines is 1. The maximum Gasteiger partial charge on any atom is 0.257 e. The number of aromatic nitrogens is 1. The van der Waals surface area contributed by atoms with Crippen molar-refractivity contribution in [3.8, 4) is 0 Å². The van der Waals surface area contributed by atoms with E-state index in [1.54, 1.807) is 0 Å². The van der Waals surface area contributed by atoms with E-state index in [9.17, 15) is 14.7 Å². The van der Waals surface area contributed by atoms with Crippen molar-refractivity contribution in [2.45, 2.75) is 18.6 Å². The first-order chi connectivity index (χ1) is 9.66. The average molecular weight is 270 g/mol. The van der Waals surface area contributed by atoms with Crippen LogP contribution in [0.15, 0.2) is 47.5 Å². The first-order valence-electron chi connectivity index (χ1n) is 6.40. The maximum absolute atomic E-state index is 12.1. The van der Waals surface area contributed by atoms with Crippen LogP contribution in [-0.4, -0.2) is 22.1 Å². The molecule has 2 atom stereocenters. The van der Waals surface area contributed by atoms with Gasteiger partial charge in [0, 0.05) is 24.9 Å². The van der Waals surface area contributed by atoms with Gasteiger partial charge in [0.15, 0.2) is 5.43 Å². The number of carbonyl (C=O) groups excluding carboxylic acids is 1. The Balaban J connectivity index is 1.87. The fraction of sp³-hybridized carbons (Fsp3) is 0.200. The third kappa shape index (κ3) is 2.12. The highest BCUT2D eigenvalue weighted by atomic mass is 16.3. The second-order valence-corrected chi connectivity index (χ2v) is 4.84. The number of pyridine rings is 1. The van der Waals surface area contributed by atoms with Crippen molar-refractivity contribution in [3.63, 3.8) is 0 Å². The summed E-state index contributed by atoms with van der Waals surface area (Å²) in [5.74, 6) is -0.479. The summed E-state index contributed by atoms with van der Waals surface area (Å²) in [7, 11) is 0.